The summed E-state index contributed by atoms with van der Waals surface area (Å²) in [5, 5.41) is 11.6. The normalized spacial score (nSPS) is 13.9. The largest absolute Gasteiger partial charge is 0.351 e. The maximum absolute atomic E-state index is 15.1. The van der Waals surface area contributed by atoms with Crippen molar-refractivity contribution in [3.05, 3.63) is 63.1 Å². The molecule has 0 atom stereocenters. The highest BCUT2D eigenvalue weighted by Crippen LogP contribution is 2.33. The SMILES string of the molecule is CC(C)(C)C(=O)NCc1ccc(Cl)c(N2CNC(c3ccc(Cl)cc3F)=N2)c1F. The van der Waals surface area contributed by atoms with E-state index in [1.165, 1.54) is 29.3 Å². The van der Waals surface area contributed by atoms with Crippen LogP contribution < -0.4 is 15.6 Å². The third-order valence-corrected chi connectivity index (χ3v) is 4.87. The van der Waals surface area contributed by atoms with Crippen molar-refractivity contribution in [2.75, 3.05) is 11.7 Å². The molecule has 2 N–H and O–H groups in total. The van der Waals surface area contributed by atoms with Crippen LogP contribution in [0.1, 0.15) is 31.9 Å². The molecule has 0 aromatic heterocycles. The lowest BCUT2D eigenvalue weighted by molar-refractivity contribution is -0.128. The van der Waals surface area contributed by atoms with Gasteiger partial charge in [-0.2, -0.15) is 5.10 Å². The Balaban J connectivity index is 1.87. The smallest absolute Gasteiger partial charge is 0.225 e. The number of hydrazone groups is 1. The van der Waals surface area contributed by atoms with Crippen LogP contribution in [0, 0.1) is 17.0 Å². The van der Waals surface area contributed by atoms with Crippen molar-refractivity contribution in [1.29, 1.82) is 0 Å². The van der Waals surface area contributed by atoms with Gasteiger partial charge in [0.15, 0.2) is 11.7 Å². The minimum Gasteiger partial charge on any atom is -0.351 e. The fraction of sp³-hybridized carbons (Fsp3) is 0.300. The van der Waals surface area contributed by atoms with Crippen LogP contribution in [0.4, 0.5) is 14.5 Å². The van der Waals surface area contributed by atoms with Gasteiger partial charge < -0.3 is 10.6 Å². The first-order valence-corrected chi connectivity index (χ1v) is 9.64. The quantitative estimate of drug-likeness (QED) is 0.726. The predicted molar refractivity (Wildman–Crippen MR) is 111 cm³/mol. The lowest BCUT2D eigenvalue weighted by atomic mass is 9.95. The third-order valence-electron chi connectivity index (χ3n) is 4.33. The van der Waals surface area contributed by atoms with Crippen LogP contribution in [0.2, 0.25) is 10.0 Å². The summed E-state index contributed by atoms with van der Waals surface area (Å²) in [6, 6.07) is 7.25. The molecule has 2 aromatic carbocycles. The Morgan fingerprint density at radius 3 is 2.62 bits per heavy atom. The average molecular weight is 441 g/mol. The zero-order valence-corrected chi connectivity index (χ0v) is 17.6. The second kappa shape index (κ2) is 8.16. The molecule has 0 fully saturated rings. The van der Waals surface area contributed by atoms with Gasteiger partial charge in [0.05, 0.1) is 10.6 Å². The minimum absolute atomic E-state index is 0.00968. The molecule has 3 rings (SSSR count). The summed E-state index contributed by atoms with van der Waals surface area (Å²) in [5.74, 6) is -1.11. The van der Waals surface area contributed by atoms with Crippen LogP contribution in [0.5, 0.6) is 0 Å². The Hall–Kier alpha value is -2.38. The monoisotopic (exact) mass is 440 g/mol. The van der Waals surface area contributed by atoms with E-state index < -0.39 is 17.0 Å². The zero-order chi connectivity index (χ0) is 21.3. The highest BCUT2D eigenvalue weighted by atomic mass is 35.5. The van der Waals surface area contributed by atoms with Gasteiger partial charge in [0.25, 0.3) is 0 Å². The van der Waals surface area contributed by atoms with E-state index in [0.717, 1.165) is 0 Å². The lowest BCUT2D eigenvalue weighted by Crippen LogP contribution is -2.34. The molecule has 0 saturated heterocycles. The first-order chi connectivity index (χ1) is 13.6. The lowest BCUT2D eigenvalue weighted by Gasteiger charge is -2.20. The number of amides is 1. The molecule has 1 aliphatic rings. The summed E-state index contributed by atoms with van der Waals surface area (Å²) in [5.41, 5.74) is -0.0664. The van der Waals surface area contributed by atoms with Gasteiger partial charge >= 0.3 is 0 Å². The topological polar surface area (TPSA) is 56.7 Å². The molecule has 1 heterocycles. The summed E-state index contributed by atoms with van der Waals surface area (Å²) in [4.78, 5) is 12.1. The van der Waals surface area contributed by atoms with Crippen LogP contribution in [-0.4, -0.2) is 18.4 Å². The van der Waals surface area contributed by atoms with Gasteiger partial charge in [0.1, 0.15) is 18.2 Å². The Kier molecular flexibility index (Phi) is 6.00. The van der Waals surface area contributed by atoms with E-state index in [1.807, 2.05) is 0 Å². The molecule has 2 aromatic rings. The standard InChI is InChI=1S/C20H20Cl2F2N4O/c1-20(2,3)19(29)25-9-11-4-7-14(22)17(16(11)24)28-10-26-18(27-28)13-6-5-12(21)8-15(13)23/h4-8H,9-10H2,1-3H3,(H,25,29)(H,26,27). The van der Waals surface area contributed by atoms with Crippen molar-refractivity contribution in [2.24, 2.45) is 10.5 Å². The fourth-order valence-electron chi connectivity index (χ4n) is 2.70. The molecule has 154 valence electrons. The molecule has 1 aliphatic heterocycles. The number of anilines is 1. The molecule has 0 bridgehead atoms. The van der Waals surface area contributed by atoms with Gasteiger partial charge in [0.2, 0.25) is 5.91 Å². The number of carbonyl (C=O) groups is 1. The Bertz CT molecular complexity index is 989. The highest BCUT2D eigenvalue weighted by molar-refractivity contribution is 6.33. The van der Waals surface area contributed by atoms with E-state index in [1.54, 1.807) is 26.8 Å². The molecule has 9 heteroatoms. The van der Waals surface area contributed by atoms with Crippen LogP contribution in [0.3, 0.4) is 0 Å². The van der Waals surface area contributed by atoms with E-state index in [-0.39, 0.29) is 51.8 Å². The number of rotatable bonds is 4. The van der Waals surface area contributed by atoms with Crippen molar-refractivity contribution in [2.45, 2.75) is 27.3 Å². The Morgan fingerprint density at radius 1 is 1.24 bits per heavy atom. The van der Waals surface area contributed by atoms with Crippen LogP contribution in [-0.2, 0) is 11.3 Å². The number of amidine groups is 1. The number of benzene rings is 2. The van der Waals surface area contributed by atoms with E-state index in [2.05, 4.69) is 15.7 Å². The van der Waals surface area contributed by atoms with Crippen molar-refractivity contribution in [3.8, 4) is 0 Å². The van der Waals surface area contributed by atoms with Crippen molar-refractivity contribution >= 4 is 40.6 Å². The molecule has 5 nitrogen and oxygen atoms in total. The summed E-state index contributed by atoms with van der Waals surface area (Å²) in [7, 11) is 0. The number of halogens is 4. The number of nitrogens with zero attached hydrogens (tertiary/aromatic N) is 2. The number of nitrogens with one attached hydrogen (secondary N) is 2. The molecule has 0 spiro atoms. The molecular formula is C20H20Cl2F2N4O. The van der Waals surface area contributed by atoms with Crippen molar-refractivity contribution in [1.82, 2.24) is 10.6 Å². The van der Waals surface area contributed by atoms with Crippen LogP contribution in [0.25, 0.3) is 0 Å². The van der Waals surface area contributed by atoms with Gasteiger partial charge in [-0.05, 0) is 24.3 Å². The third kappa shape index (κ3) is 4.62. The number of hydrogen-bond donors (Lipinski definition) is 2. The van der Waals surface area contributed by atoms with E-state index in [0.29, 0.717) is 0 Å². The Morgan fingerprint density at radius 2 is 1.97 bits per heavy atom. The summed E-state index contributed by atoms with van der Waals surface area (Å²) in [6.45, 7) is 5.43. The maximum Gasteiger partial charge on any atom is 0.225 e. The molecule has 0 unspecified atom stereocenters. The molecular weight excluding hydrogens is 421 g/mol. The van der Waals surface area contributed by atoms with Crippen molar-refractivity contribution in [3.63, 3.8) is 0 Å². The van der Waals surface area contributed by atoms with Gasteiger partial charge in [-0.15, -0.1) is 0 Å². The predicted octanol–water partition coefficient (Wildman–Crippen LogP) is 4.66. The second-order valence-electron chi connectivity index (χ2n) is 7.61. The molecule has 29 heavy (non-hydrogen) atoms. The van der Waals surface area contributed by atoms with E-state index in [4.69, 9.17) is 23.2 Å². The molecule has 1 amide bonds. The summed E-state index contributed by atoms with van der Waals surface area (Å²) in [6.07, 6.45) is 0. The van der Waals surface area contributed by atoms with Crippen molar-refractivity contribution < 1.29 is 13.6 Å². The van der Waals surface area contributed by atoms with E-state index in [9.17, 15) is 9.18 Å². The van der Waals surface area contributed by atoms with Gasteiger partial charge in [-0.3, -0.25) is 4.79 Å². The maximum atomic E-state index is 15.1. The molecule has 0 aliphatic carbocycles. The minimum atomic E-state index is -0.602. The van der Waals surface area contributed by atoms with Gasteiger partial charge in [-0.25, -0.2) is 13.8 Å². The van der Waals surface area contributed by atoms with Crippen LogP contribution >= 0.6 is 23.2 Å². The number of carbonyl (C=O) groups excluding carboxylic acids is 1. The molecule has 0 saturated carbocycles. The fourth-order valence-corrected chi connectivity index (χ4v) is 3.10. The molecule has 0 radical (unpaired) electrons. The second-order valence-corrected chi connectivity index (χ2v) is 8.45. The number of hydrogen-bond acceptors (Lipinski definition) is 4. The van der Waals surface area contributed by atoms with E-state index >= 15 is 4.39 Å². The summed E-state index contributed by atoms with van der Waals surface area (Å²) < 4.78 is 29.3. The van der Waals surface area contributed by atoms with Gasteiger partial charge in [0, 0.05) is 22.5 Å². The van der Waals surface area contributed by atoms with Gasteiger partial charge in [-0.1, -0.05) is 50.0 Å². The van der Waals surface area contributed by atoms with Crippen LogP contribution in [0.15, 0.2) is 35.4 Å². The first-order valence-electron chi connectivity index (χ1n) is 8.88. The first kappa shape index (κ1) is 21.3. The summed E-state index contributed by atoms with van der Waals surface area (Å²) >= 11 is 12.0. The Labute approximate surface area is 177 Å². The zero-order valence-electron chi connectivity index (χ0n) is 16.1. The average Bonchev–Trinajstić information content (AvgIpc) is 3.09. The highest BCUT2D eigenvalue weighted by Gasteiger charge is 2.26.